The summed E-state index contributed by atoms with van der Waals surface area (Å²) in [6.45, 7) is 3.42. The molecule has 0 spiro atoms. The zero-order valence-corrected chi connectivity index (χ0v) is 11.9. The fourth-order valence-electron chi connectivity index (χ4n) is 2.81. The van der Waals surface area contributed by atoms with Crippen LogP contribution in [-0.4, -0.2) is 30.7 Å². The third-order valence-corrected chi connectivity index (χ3v) is 4.27. The SMILES string of the molecule is CC1CCCCC1NC(=O)C1(N)CCOCC1.Cl. The number of carbonyl (C=O) groups is 1. The number of nitrogens with two attached hydrogens (primary N) is 1. The van der Waals surface area contributed by atoms with Gasteiger partial charge in [0.25, 0.3) is 0 Å². The third-order valence-electron chi connectivity index (χ3n) is 4.27. The summed E-state index contributed by atoms with van der Waals surface area (Å²) in [5, 5.41) is 3.16. The van der Waals surface area contributed by atoms with E-state index in [-0.39, 0.29) is 18.3 Å². The number of nitrogens with one attached hydrogen (secondary N) is 1. The number of carbonyl (C=O) groups excluding carboxylic acids is 1. The molecule has 0 aromatic carbocycles. The van der Waals surface area contributed by atoms with Crippen LogP contribution in [0.3, 0.4) is 0 Å². The standard InChI is InChI=1S/C13H24N2O2.ClH/c1-10-4-2-3-5-11(10)15-12(16)13(14)6-8-17-9-7-13;/h10-11H,2-9,14H2,1H3,(H,15,16);1H. The van der Waals surface area contributed by atoms with Crippen molar-refractivity contribution in [3.8, 4) is 0 Å². The highest BCUT2D eigenvalue weighted by molar-refractivity contribution is 5.86. The Morgan fingerprint density at radius 3 is 2.50 bits per heavy atom. The quantitative estimate of drug-likeness (QED) is 0.805. The maximum Gasteiger partial charge on any atom is 0.240 e. The van der Waals surface area contributed by atoms with Crippen molar-refractivity contribution in [1.29, 1.82) is 0 Å². The highest BCUT2D eigenvalue weighted by Crippen LogP contribution is 2.25. The Morgan fingerprint density at radius 2 is 1.89 bits per heavy atom. The minimum atomic E-state index is -0.699. The molecule has 0 aromatic rings. The average molecular weight is 277 g/mol. The first-order valence-corrected chi connectivity index (χ1v) is 6.79. The van der Waals surface area contributed by atoms with Crippen molar-refractivity contribution in [2.24, 2.45) is 11.7 Å². The van der Waals surface area contributed by atoms with Gasteiger partial charge in [-0.05, 0) is 31.6 Å². The molecule has 2 rings (SSSR count). The summed E-state index contributed by atoms with van der Waals surface area (Å²) in [5.41, 5.74) is 5.47. The molecule has 0 radical (unpaired) electrons. The molecule has 4 nitrogen and oxygen atoms in total. The first kappa shape index (κ1) is 15.7. The van der Waals surface area contributed by atoms with Gasteiger partial charge in [0.05, 0.1) is 5.54 Å². The van der Waals surface area contributed by atoms with E-state index in [9.17, 15) is 4.79 Å². The predicted molar refractivity (Wildman–Crippen MR) is 73.8 cm³/mol. The Hall–Kier alpha value is -0.320. The Kier molecular flexibility index (Phi) is 5.89. The van der Waals surface area contributed by atoms with E-state index in [1.54, 1.807) is 0 Å². The Bertz CT molecular complexity index is 280. The van der Waals surface area contributed by atoms with E-state index in [0.29, 0.717) is 38.0 Å². The van der Waals surface area contributed by atoms with Crippen molar-refractivity contribution in [2.45, 2.75) is 57.0 Å². The van der Waals surface area contributed by atoms with Gasteiger partial charge in [-0.25, -0.2) is 0 Å². The van der Waals surface area contributed by atoms with Crippen LogP contribution in [0.4, 0.5) is 0 Å². The lowest BCUT2D eigenvalue weighted by Gasteiger charge is -2.36. The lowest BCUT2D eigenvalue weighted by Crippen LogP contribution is -2.59. The average Bonchev–Trinajstić information content (AvgIpc) is 2.33. The molecule has 1 amide bonds. The van der Waals surface area contributed by atoms with Gasteiger partial charge in [0, 0.05) is 19.3 Å². The zero-order valence-electron chi connectivity index (χ0n) is 11.1. The van der Waals surface area contributed by atoms with E-state index in [4.69, 9.17) is 10.5 Å². The second-order valence-electron chi connectivity index (χ2n) is 5.61. The van der Waals surface area contributed by atoms with Gasteiger partial charge < -0.3 is 15.8 Å². The highest BCUT2D eigenvalue weighted by atomic mass is 35.5. The Labute approximate surface area is 115 Å². The third kappa shape index (κ3) is 3.59. The second kappa shape index (κ2) is 6.73. The minimum Gasteiger partial charge on any atom is -0.381 e. The van der Waals surface area contributed by atoms with Crippen LogP contribution in [0, 0.1) is 5.92 Å². The summed E-state index contributed by atoms with van der Waals surface area (Å²) < 4.78 is 5.27. The summed E-state index contributed by atoms with van der Waals surface area (Å²) in [6.07, 6.45) is 6.09. The van der Waals surface area contributed by atoms with E-state index in [1.165, 1.54) is 19.3 Å². The number of hydrogen-bond donors (Lipinski definition) is 2. The largest absolute Gasteiger partial charge is 0.381 e. The number of amides is 1. The van der Waals surface area contributed by atoms with Crippen LogP contribution in [0.25, 0.3) is 0 Å². The van der Waals surface area contributed by atoms with E-state index in [2.05, 4.69) is 12.2 Å². The van der Waals surface area contributed by atoms with Crippen molar-refractivity contribution >= 4 is 18.3 Å². The molecule has 1 heterocycles. The highest BCUT2D eigenvalue weighted by Gasteiger charge is 2.37. The van der Waals surface area contributed by atoms with E-state index < -0.39 is 5.54 Å². The van der Waals surface area contributed by atoms with Crippen molar-refractivity contribution in [1.82, 2.24) is 5.32 Å². The topological polar surface area (TPSA) is 64.4 Å². The van der Waals surface area contributed by atoms with Gasteiger partial charge in [0.1, 0.15) is 0 Å². The predicted octanol–water partition coefficient (Wildman–Crippen LogP) is 1.61. The molecule has 18 heavy (non-hydrogen) atoms. The zero-order chi connectivity index (χ0) is 12.3. The molecular formula is C13H25ClN2O2. The number of halogens is 1. The van der Waals surface area contributed by atoms with Crippen molar-refractivity contribution < 1.29 is 9.53 Å². The molecule has 2 unspecified atom stereocenters. The van der Waals surface area contributed by atoms with Gasteiger partial charge in [0.2, 0.25) is 5.91 Å². The summed E-state index contributed by atoms with van der Waals surface area (Å²) in [4.78, 5) is 12.2. The lowest BCUT2D eigenvalue weighted by molar-refractivity contribution is -0.131. The fourth-order valence-corrected chi connectivity index (χ4v) is 2.81. The molecule has 1 aliphatic heterocycles. The van der Waals surface area contributed by atoms with E-state index in [0.717, 1.165) is 6.42 Å². The molecule has 0 bridgehead atoms. The lowest BCUT2D eigenvalue weighted by atomic mass is 9.84. The van der Waals surface area contributed by atoms with Crippen molar-refractivity contribution in [2.75, 3.05) is 13.2 Å². The van der Waals surface area contributed by atoms with Gasteiger partial charge in [-0.1, -0.05) is 19.8 Å². The van der Waals surface area contributed by atoms with E-state index in [1.807, 2.05) is 0 Å². The number of hydrogen-bond acceptors (Lipinski definition) is 3. The number of ether oxygens (including phenoxy) is 1. The first-order chi connectivity index (χ1) is 8.12. The minimum absolute atomic E-state index is 0. The Morgan fingerprint density at radius 1 is 1.28 bits per heavy atom. The summed E-state index contributed by atoms with van der Waals surface area (Å²) in [6, 6.07) is 0.319. The van der Waals surface area contributed by atoms with Crippen LogP contribution in [0.1, 0.15) is 45.4 Å². The first-order valence-electron chi connectivity index (χ1n) is 6.79. The van der Waals surface area contributed by atoms with Crippen LogP contribution in [0.15, 0.2) is 0 Å². The summed E-state index contributed by atoms with van der Waals surface area (Å²) >= 11 is 0. The molecule has 3 N–H and O–H groups in total. The molecule has 0 aromatic heterocycles. The van der Waals surface area contributed by atoms with Gasteiger partial charge >= 0.3 is 0 Å². The molecule has 2 aliphatic rings. The van der Waals surface area contributed by atoms with Gasteiger partial charge in [-0.3, -0.25) is 4.79 Å². The van der Waals surface area contributed by atoms with Crippen LogP contribution in [0.2, 0.25) is 0 Å². The molecule has 1 saturated heterocycles. The van der Waals surface area contributed by atoms with E-state index >= 15 is 0 Å². The van der Waals surface area contributed by atoms with Gasteiger partial charge in [0.15, 0.2) is 0 Å². The molecule has 106 valence electrons. The van der Waals surface area contributed by atoms with Gasteiger partial charge in [-0.15, -0.1) is 12.4 Å². The molecule has 5 heteroatoms. The molecule has 1 saturated carbocycles. The van der Waals surface area contributed by atoms with Crippen molar-refractivity contribution in [3.05, 3.63) is 0 Å². The normalized spacial score (nSPS) is 31.2. The van der Waals surface area contributed by atoms with Crippen LogP contribution >= 0.6 is 12.4 Å². The molecule has 2 fully saturated rings. The van der Waals surface area contributed by atoms with Gasteiger partial charge in [-0.2, -0.15) is 0 Å². The number of rotatable bonds is 2. The second-order valence-corrected chi connectivity index (χ2v) is 5.61. The smallest absolute Gasteiger partial charge is 0.240 e. The van der Waals surface area contributed by atoms with Crippen LogP contribution in [0.5, 0.6) is 0 Å². The molecule has 2 atom stereocenters. The summed E-state index contributed by atoms with van der Waals surface area (Å²) in [5.74, 6) is 0.607. The van der Waals surface area contributed by atoms with Crippen LogP contribution < -0.4 is 11.1 Å². The molecular weight excluding hydrogens is 252 g/mol. The monoisotopic (exact) mass is 276 g/mol. The maximum absolute atomic E-state index is 12.2. The van der Waals surface area contributed by atoms with Crippen LogP contribution in [-0.2, 0) is 9.53 Å². The maximum atomic E-state index is 12.2. The molecule has 1 aliphatic carbocycles. The van der Waals surface area contributed by atoms with Crippen molar-refractivity contribution in [3.63, 3.8) is 0 Å². The Balaban J connectivity index is 0.00000162. The fraction of sp³-hybridized carbons (Fsp3) is 0.923. The summed E-state index contributed by atoms with van der Waals surface area (Å²) in [7, 11) is 0.